The van der Waals surface area contributed by atoms with E-state index in [2.05, 4.69) is 15.5 Å². The summed E-state index contributed by atoms with van der Waals surface area (Å²) >= 11 is 13.6. The number of hydrazone groups is 1. The number of benzene rings is 2. The van der Waals surface area contributed by atoms with E-state index in [1.54, 1.807) is 25.1 Å². The first kappa shape index (κ1) is 20.5. The van der Waals surface area contributed by atoms with E-state index >= 15 is 0 Å². The number of fused-ring (bicyclic) bond motifs is 1. The minimum atomic E-state index is -3.24. The van der Waals surface area contributed by atoms with Gasteiger partial charge in [0.15, 0.2) is 5.17 Å². The van der Waals surface area contributed by atoms with Crippen LogP contribution in [0.2, 0.25) is 10.0 Å². The Labute approximate surface area is 184 Å². The summed E-state index contributed by atoms with van der Waals surface area (Å²) in [5.74, 6) is 0.744. The second-order valence-corrected chi connectivity index (χ2v) is 10.5. The highest BCUT2D eigenvalue weighted by Gasteiger charge is 2.28. The average molecular weight is 469 g/mol. The zero-order valence-electron chi connectivity index (χ0n) is 15.5. The molecule has 0 bridgehead atoms. The molecule has 2 heterocycles. The van der Waals surface area contributed by atoms with E-state index in [9.17, 15) is 8.42 Å². The maximum absolute atomic E-state index is 12.2. The Morgan fingerprint density at radius 1 is 1.24 bits per heavy atom. The Morgan fingerprint density at radius 2 is 2.07 bits per heavy atom. The highest BCUT2D eigenvalue weighted by molar-refractivity contribution is 8.14. The van der Waals surface area contributed by atoms with Crippen LogP contribution < -0.4 is 9.73 Å². The topological polar surface area (TPSA) is 74.1 Å². The molecule has 2 aromatic rings. The van der Waals surface area contributed by atoms with Crippen molar-refractivity contribution in [3.63, 3.8) is 0 Å². The number of aliphatic imine (C=N–C) groups is 1. The quantitative estimate of drug-likeness (QED) is 0.719. The van der Waals surface area contributed by atoms with Crippen molar-refractivity contribution >= 4 is 67.2 Å². The summed E-state index contributed by atoms with van der Waals surface area (Å²) in [7, 11) is -3.24. The third kappa shape index (κ3) is 4.26. The van der Waals surface area contributed by atoms with Crippen molar-refractivity contribution < 1.29 is 8.42 Å². The number of amidine groups is 1. The van der Waals surface area contributed by atoms with Gasteiger partial charge in [0.25, 0.3) is 0 Å². The third-order valence-corrected chi connectivity index (χ3v) is 7.92. The van der Waals surface area contributed by atoms with Crippen LogP contribution in [-0.2, 0) is 16.4 Å². The van der Waals surface area contributed by atoms with Crippen LogP contribution in [0.15, 0.2) is 46.5 Å². The highest BCUT2D eigenvalue weighted by atomic mass is 35.5. The number of anilines is 1. The van der Waals surface area contributed by atoms with Crippen molar-refractivity contribution in [3.05, 3.63) is 57.6 Å². The molecule has 0 aliphatic carbocycles. The monoisotopic (exact) mass is 468 g/mol. The second-order valence-electron chi connectivity index (χ2n) is 6.54. The lowest BCUT2D eigenvalue weighted by atomic mass is 10.1. The molecule has 0 atom stereocenters. The summed E-state index contributed by atoms with van der Waals surface area (Å²) in [6.07, 6.45) is 0.706. The van der Waals surface area contributed by atoms with Crippen LogP contribution in [0.5, 0.6) is 0 Å². The van der Waals surface area contributed by atoms with Gasteiger partial charge in [-0.3, -0.25) is 9.73 Å². The smallest absolute Gasteiger partial charge is 0.234 e. The molecule has 2 aliphatic heterocycles. The lowest BCUT2D eigenvalue weighted by Gasteiger charge is -2.19. The normalized spacial score (nSPS) is 17.8. The summed E-state index contributed by atoms with van der Waals surface area (Å²) in [4.78, 5) is 4.49. The number of rotatable bonds is 4. The number of sulfonamides is 1. The molecule has 0 fully saturated rings. The molecule has 1 N–H and O–H groups in total. The van der Waals surface area contributed by atoms with E-state index in [0.717, 1.165) is 22.5 Å². The predicted octanol–water partition coefficient (Wildman–Crippen LogP) is 4.43. The molecule has 2 aliphatic rings. The molecule has 0 saturated carbocycles. The third-order valence-electron chi connectivity index (χ3n) is 4.73. The maximum Gasteiger partial charge on any atom is 0.234 e. The fourth-order valence-corrected chi connectivity index (χ4v) is 5.59. The van der Waals surface area contributed by atoms with Crippen molar-refractivity contribution in [1.29, 1.82) is 0 Å². The van der Waals surface area contributed by atoms with Gasteiger partial charge in [-0.05, 0) is 54.8 Å². The first-order valence-corrected chi connectivity index (χ1v) is 12.4. The van der Waals surface area contributed by atoms with E-state index < -0.39 is 10.0 Å². The van der Waals surface area contributed by atoms with E-state index in [0.29, 0.717) is 39.6 Å². The Kier molecular flexibility index (Phi) is 5.79. The molecule has 0 radical (unpaired) electrons. The van der Waals surface area contributed by atoms with Gasteiger partial charge in [-0.25, -0.2) is 13.4 Å². The molecule has 0 amide bonds. The number of hydrogen-bond acceptors (Lipinski definition) is 5. The molecule has 6 nitrogen and oxygen atoms in total. The van der Waals surface area contributed by atoms with Crippen LogP contribution in [0.4, 0.5) is 11.4 Å². The summed E-state index contributed by atoms with van der Waals surface area (Å²) in [5, 5.41) is 6.14. The molecule has 4 rings (SSSR count). The molecule has 0 saturated heterocycles. The van der Waals surface area contributed by atoms with Gasteiger partial charge in [-0.1, -0.05) is 41.0 Å². The number of thioether (sulfide) groups is 1. The number of hydrogen-bond donors (Lipinski definition) is 1. The average Bonchev–Trinajstić information content (AvgIpc) is 3.15. The van der Waals surface area contributed by atoms with Crippen LogP contribution in [0.25, 0.3) is 0 Å². The fraction of sp³-hybridized carbons (Fsp3) is 0.263. The summed E-state index contributed by atoms with van der Waals surface area (Å²) < 4.78 is 26.0. The Bertz CT molecular complexity index is 1130. The van der Waals surface area contributed by atoms with Crippen molar-refractivity contribution in [1.82, 2.24) is 5.43 Å². The molecule has 0 unspecified atom stereocenters. The lowest BCUT2D eigenvalue weighted by molar-refractivity contribution is 0.593. The molecule has 152 valence electrons. The van der Waals surface area contributed by atoms with Gasteiger partial charge < -0.3 is 0 Å². The van der Waals surface area contributed by atoms with Crippen LogP contribution in [0.3, 0.4) is 0 Å². The minimum absolute atomic E-state index is 0.0984. The number of halogens is 2. The summed E-state index contributed by atoms with van der Waals surface area (Å²) in [5.41, 5.74) is 7.25. The Morgan fingerprint density at radius 3 is 2.76 bits per heavy atom. The Hall–Kier alpha value is -1.74. The molecule has 0 aromatic heterocycles. The van der Waals surface area contributed by atoms with E-state index in [-0.39, 0.29) is 5.75 Å². The summed E-state index contributed by atoms with van der Waals surface area (Å²) in [6, 6.07) is 11.0. The van der Waals surface area contributed by atoms with Crippen molar-refractivity contribution in [3.8, 4) is 0 Å². The van der Waals surface area contributed by atoms with Crippen LogP contribution in [-0.4, -0.2) is 37.3 Å². The predicted molar refractivity (Wildman–Crippen MR) is 123 cm³/mol. The first-order valence-electron chi connectivity index (χ1n) is 9.00. The van der Waals surface area contributed by atoms with Crippen LogP contribution in [0.1, 0.15) is 18.1 Å². The SMILES string of the molecule is CCS(=O)(=O)N1CCc2cc(C3=NNC(=Nc4ccc(Cl)cc4Cl)SC3)ccc21. The second kappa shape index (κ2) is 8.18. The standard InChI is InChI=1S/C19H18Cl2N4O2S2/c1-2-29(26,27)25-8-7-13-9-12(3-6-18(13)25)17-11-28-19(24-23-17)22-16-5-4-14(20)10-15(16)21/h3-6,9-10H,2,7-8,11H2,1H3,(H,22,24). The number of nitrogens with zero attached hydrogens (tertiary/aromatic N) is 3. The minimum Gasteiger partial charge on any atom is -0.270 e. The maximum atomic E-state index is 12.2. The van der Waals surface area contributed by atoms with Crippen molar-refractivity contribution in [2.75, 3.05) is 22.4 Å². The van der Waals surface area contributed by atoms with Crippen LogP contribution >= 0.6 is 35.0 Å². The Balaban J connectivity index is 1.53. The zero-order chi connectivity index (χ0) is 20.6. The molecule has 2 aromatic carbocycles. The first-order chi connectivity index (χ1) is 13.9. The van der Waals surface area contributed by atoms with Crippen LogP contribution in [0, 0.1) is 0 Å². The van der Waals surface area contributed by atoms with Gasteiger partial charge in [0.05, 0.1) is 27.9 Å². The molecule has 29 heavy (non-hydrogen) atoms. The van der Waals surface area contributed by atoms with Gasteiger partial charge in [-0.15, -0.1) is 0 Å². The van der Waals surface area contributed by atoms with E-state index in [1.165, 1.54) is 16.1 Å². The van der Waals surface area contributed by atoms with E-state index in [1.807, 2.05) is 18.2 Å². The van der Waals surface area contributed by atoms with Gasteiger partial charge in [0.2, 0.25) is 10.0 Å². The summed E-state index contributed by atoms with van der Waals surface area (Å²) in [6.45, 7) is 2.16. The van der Waals surface area contributed by atoms with Gasteiger partial charge >= 0.3 is 0 Å². The molecular formula is C19H18Cl2N4O2S2. The molecule has 0 spiro atoms. The fourth-order valence-electron chi connectivity index (χ4n) is 3.20. The number of nitrogens with one attached hydrogen (secondary N) is 1. The van der Waals surface area contributed by atoms with E-state index in [4.69, 9.17) is 23.2 Å². The lowest BCUT2D eigenvalue weighted by Crippen LogP contribution is -2.30. The molecule has 10 heteroatoms. The van der Waals surface area contributed by atoms with Gasteiger partial charge in [0, 0.05) is 17.3 Å². The zero-order valence-corrected chi connectivity index (χ0v) is 18.7. The van der Waals surface area contributed by atoms with Crippen molar-refractivity contribution in [2.24, 2.45) is 10.1 Å². The highest BCUT2D eigenvalue weighted by Crippen LogP contribution is 2.32. The van der Waals surface area contributed by atoms with Crippen molar-refractivity contribution in [2.45, 2.75) is 13.3 Å². The molecular weight excluding hydrogens is 451 g/mol. The van der Waals surface area contributed by atoms with Gasteiger partial charge in [0.1, 0.15) is 0 Å². The van der Waals surface area contributed by atoms with Gasteiger partial charge in [-0.2, -0.15) is 5.10 Å². The largest absolute Gasteiger partial charge is 0.270 e.